The van der Waals surface area contributed by atoms with Crippen molar-refractivity contribution in [2.75, 3.05) is 11.1 Å². The normalized spacial score (nSPS) is 20.5. The SMILES string of the molecule is C.C.CC(=O)Nc1ccc(-c2ccc(-c3ccccc3)c3c2C2CC(C(C)C)C3C=C2C)cc1.CC1=CC2c3c(-c4ccccc4)ccc(-c4ccc(N)cc4)c3C1CC2C(C)C.[K+].[OH-]. The van der Waals surface area contributed by atoms with Gasteiger partial charge in [0.1, 0.15) is 0 Å². The Balaban J connectivity index is 0.000000231. The molecule has 6 aromatic carbocycles. The van der Waals surface area contributed by atoms with E-state index in [0.717, 1.165) is 11.4 Å². The Bertz CT molecular complexity index is 2650. The Morgan fingerprint density at radius 3 is 1.22 bits per heavy atom. The zero-order valence-electron chi connectivity index (χ0n) is 38.3. The number of nitrogens with one attached hydrogen (secondary N) is 1. The standard InChI is InChI=1S/C30H31NO.C28H29N.2CH4.K.H2O/c1-18(2)26-17-27-19(3)16-28(26)30-24(21-8-6-5-7-9-21)14-15-25(29(27)30)22-10-12-23(13-11-22)31-20(4)32;1-17(2)24-16-25-18(3)15-26(24)28-22(19-7-5-4-6-8-19)13-14-23(27(25)28)20-9-11-21(29)12-10-20;;;;/h5-16,18,26-28H,17H2,1-4H3,(H,31,32);4-15,17,24-26H,16,29H2,1-3H3;2*1H4;;1H2/q;;;;+1;/p-1. The van der Waals surface area contributed by atoms with E-state index in [9.17, 15) is 4.79 Å². The van der Waals surface area contributed by atoms with Crippen molar-refractivity contribution in [3.8, 4) is 44.5 Å². The fourth-order valence-corrected chi connectivity index (χ4v) is 11.5. The first-order chi connectivity index (χ1) is 29.5. The van der Waals surface area contributed by atoms with E-state index in [4.69, 9.17) is 5.73 Å². The van der Waals surface area contributed by atoms with E-state index in [2.05, 4.69) is 168 Å². The van der Waals surface area contributed by atoms with Crippen LogP contribution in [0.3, 0.4) is 0 Å². The molecule has 6 aliphatic carbocycles. The van der Waals surface area contributed by atoms with E-state index < -0.39 is 0 Å². The maximum atomic E-state index is 11.4. The van der Waals surface area contributed by atoms with Crippen molar-refractivity contribution in [3.05, 3.63) is 179 Å². The summed E-state index contributed by atoms with van der Waals surface area (Å²) >= 11 is 0. The second-order valence-electron chi connectivity index (χ2n) is 18.9. The molecule has 0 aliphatic heterocycles. The zero-order chi connectivity index (χ0) is 42.5. The first-order valence-corrected chi connectivity index (χ1v) is 22.5. The Labute approximate surface area is 433 Å². The van der Waals surface area contributed by atoms with Crippen molar-refractivity contribution in [3.63, 3.8) is 0 Å². The number of anilines is 2. The van der Waals surface area contributed by atoms with Crippen molar-refractivity contribution in [2.45, 2.75) is 99.8 Å². The van der Waals surface area contributed by atoms with Gasteiger partial charge in [0.15, 0.2) is 0 Å². The largest absolute Gasteiger partial charge is 1.00 e. The Morgan fingerprint density at radius 2 is 0.862 bits per heavy atom. The van der Waals surface area contributed by atoms with Gasteiger partial charge < -0.3 is 16.5 Å². The first-order valence-electron chi connectivity index (χ1n) is 22.5. The molecular formula is C60H69KN2O2. The van der Waals surface area contributed by atoms with Crippen LogP contribution in [-0.2, 0) is 4.79 Å². The van der Waals surface area contributed by atoms with Gasteiger partial charge in [0.25, 0.3) is 0 Å². The minimum absolute atomic E-state index is 0. The van der Waals surface area contributed by atoms with Gasteiger partial charge in [0, 0.05) is 42.0 Å². The predicted molar refractivity (Wildman–Crippen MR) is 273 cm³/mol. The van der Waals surface area contributed by atoms with Crippen LogP contribution in [0.5, 0.6) is 0 Å². The molecule has 6 atom stereocenters. The molecule has 0 aromatic heterocycles. The summed E-state index contributed by atoms with van der Waals surface area (Å²) in [6.45, 7) is 15.7. The van der Waals surface area contributed by atoms with Gasteiger partial charge in [-0.15, -0.1) is 0 Å². The molecule has 65 heavy (non-hydrogen) atoms. The molecule has 6 aliphatic rings. The molecule has 12 rings (SSSR count). The fourth-order valence-electron chi connectivity index (χ4n) is 11.5. The Hall–Kier alpha value is -4.33. The Morgan fingerprint density at radius 1 is 0.523 bits per heavy atom. The molecule has 6 unspecified atom stereocenters. The number of fused-ring (bicyclic) bond motifs is 2. The summed E-state index contributed by atoms with van der Waals surface area (Å²) in [6, 6.07) is 47.8. The number of hydrogen-bond donors (Lipinski definition) is 2. The predicted octanol–water partition coefficient (Wildman–Crippen LogP) is 13.3. The maximum absolute atomic E-state index is 11.4. The maximum Gasteiger partial charge on any atom is 1.00 e. The first kappa shape index (κ1) is 51.6. The van der Waals surface area contributed by atoms with Crippen LogP contribution in [0.4, 0.5) is 11.4 Å². The van der Waals surface area contributed by atoms with Crippen LogP contribution in [-0.4, -0.2) is 11.4 Å². The number of nitrogens with two attached hydrogens (primary N) is 1. The average Bonchev–Trinajstić information content (AvgIpc) is 3.27. The van der Waals surface area contributed by atoms with Gasteiger partial charge in [-0.05, 0) is 141 Å². The van der Waals surface area contributed by atoms with Crippen LogP contribution in [0.25, 0.3) is 44.5 Å². The van der Waals surface area contributed by atoms with Crippen LogP contribution < -0.4 is 62.4 Å². The average molecular weight is 889 g/mol. The number of carbonyl (C=O) groups is 1. The van der Waals surface area contributed by atoms with Gasteiger partial charge >= 0.3 is 51.4 Å². The van der Waals surface area contributed by atoms with E-state index in [1.807, 2.05) is 24.3 Å². The summed E-state index contributed by atoms with van der Waals surface area (Å²) in [5.74, 6) is 4.63. The minimum atomic E-state index is -0.0415. The van der Waals surface area contributed by atoms with Gasteiger partial charge in [-0.1, -0.05) is 175 Å². The summed E-state index contributed by atoms with van der Waals surface area (Å²) in [6.07, 6.45) is 7.61. The second-order valence-corrected chi connectivity index (χ2v) is 18.9. The third-order valence-electron chi connectivity index (χ3n) is 14.5. The van der Waals surface area contributed by atoms with Crippen molar-refractivity contribution >= 4 is 17.3 Å². The molecule has 4 nitrogen and oxygen atoms in total. The molecule has 4 N–H and O–H groups in total. The van der Waals surface area contributed by atoms with Gasteiger partial charge in [-0.3, -0.25) is 4.79 Å². The second kappa shape index (κ2) is 21.5. The van der Waals surface area contributed by atoms with Crippen LogP contribution in [0.1, 0.15) is 122 Å². The van der Waals surface area contributed by atoms with Crippen molar-refractivity contribution in [1.29, 1.82) is 0 Å². The molecule has 332 valence electrons. The van der Waals surface area contributed by atoms with Crippen molar-refractivity contribution in [2.24, 2.45) is 23.7 Å². The Kier molecular flexibility index (Phi) is 17.1. The molecule has 0 radical (unpaired) electrons. The number of amides is 1. The number of rotatable bonds is 7. The minimum Gasteiger partial charge on any atom is -0.870 e. The van der Waals surface area contributed by atoms with Gasteiger partial charge in [0.05, 0.1) is 0 Å². The van der Waals surface area contributed by atoms with Crippen LogP contribution in [0, 0.1) is 23.7 Å². The number of hydrogen-bond acceptors (Lipinski definition) is 3. The number of benzene rings is 6. The van der Waals surface area contributed by atoms with Gasteiger partial charge in [-0.2, -0.15) is 0 Å². The molecule has 6 aromatic rings. The molecule has 0 saturated heterocycles. The van der Waals surface area contributed by atoms with Gasteiger partial charge in [-0.25, -0.2) is 0 Å². The molecular weight excluding hydrogens is 820 g/mol. The fraction of sp³-hybridized carbons (Fsp3) is 0.317. The molecule has 4 bridgehead atoms. The molecule has 0 spiro atoms. The van der Waals surface area contributed by atoms with Gasteiger partial charge in [0.2, 0.25) is 5.91 Å². The quantitative estimate of drug-likeness (QED) is 0.0951. The summed E-state index contributed by atoms with van der Waals surface area (Å²) < 4.78 is 0. The van der Waals surface area contributed by atoms with E-state index in [1.165, 1.54) is 74.0 Å². The molecule has 0 heterocycles. The zero-order valence-corrected chi connectivity index (χ0v) is 41.4. The van der Waals surface area contributed by atoms with Crippen LogP contribution >= 0.6 is 0 Å². The molecule has 0 fully saturated rings. The van der Waals surface area contributed by atoms with Crippen molar-refractivity contribution in [1.82, 2.24) is 0 Å². The molecule has 5 heteroatoms. The van der Waals surface area contributed by atoms with Crippen LogP contribution in [0.2, 0.25) is 0 Å². The molecule has 1 amide bonds. The van der Waals surface area contributed by atoms with E-state index in [-0.39, 0.29) is 77.6 Å². The topological polar surface area (TPSA) is 85.1 Å². The summed E-state index contributed by atoms with van der Waals surface area (Å²) in [5, 5.41) is 2.88. The van der Waals surface area contributed by atoms with Crippen LogP contribution in [0.15, 0.2) is 157 Å². The number of allylic oxidation sites excluding steroid dienone is 4. The third kappa shape index (κ3) is 9.89. The van der Waals surface area contributed by atoms with E-state index in [1.54, 1.807) is 23.6 Å². The third-order valence-corrected chi connectivity index (χ3v) is 14.5. The number of nitrogen functional groups attached to an aromatic ring is 1. The molecule has 0 saturated carbocycles. The van der Waals surface area contributed by atoms with Crippen molar-refractivity contribution < 1.29 is 61.7 Å². The van der Waals surface area contributed by atoms with E-state index in [0.29, 0.717) is 47.3 Å². The van der Waals surface area contributed by atoms with E-state index >= 15 is 0 Å². The summed E-state index contributed by atoms with van der Waals surface area (Å²) in [7, 11) is 0. The monoisotopic (exact) mass is 888 g/mol. The smallest absolute Gasteiger partial charge is 0.870 e. The summed E-state index contributed by atoms with van der Waals surface area (Å²) in [4.78, 5) is 11.4. The summed E-state index contributed by atoms with van der Waals surface area (Å²) in [5.41, 5.74) is 27.5. The number of carbonyl (C=O) groups excluding carboxylic acids is 1.